The van der Waals surface area contributed by atoms with Gasteiger partial charge in [-0.1, -0.05) is 47.5 Å². The summed E-state index contributed by atoms with van der Waals surface area (Å²) in [4.78, 5) is 33.0. The molecule has 0 spiro atoms. The molecule has 0 aliphatic rings. The number of aromatic nitrogens is 2. The zero-order valence-corrected chi connectivity index (χ0v) is 20.6. The molecule has 13 heteroatoms. The van der Waals surface area contributed by atoms with Crippen LogP contribution in [0.2, 0.25) is 10.0 Å². The van der Waals surface area contributed by atoms with E-state index in [0.29, 0.717) is 21.2 Å². The monoisotopic (exact) mass is 536 g/mol. The van der Waals surface area contributed by atoms with Crippen molar-refractivity contribution in [2.24, 2.45) is 0 Å². The number of pyridine rings is 2. The van der Waals surface area contributed by atoms with Crippen molar-refractivity contribution in [2.45, 2.75) is 0 Å². The molecule has 37 heavy (non-hydrogen) atoms. The number of nitrogens with one attached hydrogen (secondary N) is 2. The average molecular weight is 537 g/mol. The quantitative estimate of drug-likeness (QED) is 0.244. The lowest BCUT2D eigenvalue weighted by molar-refractivity contribution is 0.101. The number of rotatable bonds is 8. The van der Waals surface area contributed by atoms with E-state index in [1.807, 2.05) is 0 Å². The Balaban J connectivity index is 1.32. The van der Waals surface area contributed by atoms with Gasteiger partial charge in [0, 0.05) is 0 Å². The third-order valence-corrected chi connectivity index (χ3v) is 5.58. The Bertz CT molecular complexity index is 1360. The van der Waals surface area contributed by atoms with Gasteiger partial charge in [-0.15, -0.1) is 0 Å². The van der Waals surface area contributed by atoms with E-state index in [9.17, 15) is 9.59 Å². The van der Waals surface area contributed by atoms with Crippen LogP contribution >= 0.6 is 23.2 Å². The molecule has 0 fully saturated rings. The molecule has 2 heterocycles. The maximum atomic E-state index is 12.4. The minimum atomic E-state index is -0.427. The molecular weight excluding hydrogens is 518 g/mol. The van der Waals surface area contributed by atoms with Crippen LogP contribution in [0.15, 0.2) is 72.8 Å². The molecule has 0 radical (unpaired) electrons. The number of carbonyl (C=O) groups excluding carboxylic acids is 2. The van der Waals surface area contributed by atoms with Crippen molar-refractivity contribution in [2.75, 3.05) is 22.1 Å². The summed E-state index contributed by atoms with van der Waals surface area (Å²) in [5.74, 6) is 0.107. The van der Waals surface area contributed by atoms with Crippen LogP contribution in [0.4, 0.5) is 23.3 Å². The molecule has 0 aliphatic heterocycles. The van der Waals surface area contributed by atoms with E-state index in [2.05, 4.69) is 20.6 Å². The van der Waals surface area contributed by atoms with E-state index in [1.54, 1.807) is 48.5 Å². The van der Waals surface area contributed by atoms with Gasteiger partial charge in [-0.2, -0.15) is 0 Å². The van der Waals surface area contributed by atoms with Crippen LogP contribution in [0.3, 0.4) is 0 Å². The molecule has 2 aromatic heterocycles. The lowest BCUT2D eigenvalue weighted by Crippen LogP contribution is -2.16. The van der Waals surface area contributed by atoms with Gasteiger partial charge in [0.05, 0.1) is 21.2 Å². The predicted molar refractivity (Wildman–Crippen MR) is 145 cm³/mol. The molecule has 4 aromatic rings. The standard InChI is InChI=1S/C24H19BCl2N6O4/c26-15-7-3-1-5-13(15)23(34)32-19-11-9-17(21(28)30-19)36-25-37-18-10-12-20(31-22(18)29)33-24(35)14-6-2-4-8-16(14)27/h1-12,25H,(H3,28,30,32,34)(H3,29,31,33,35). The van der Waals surface area contributed by atoms with E-state index in [4.69, 9.17) is 44.0 Å². The van der Waals surface area contributed by atoms with Crippen molar-refractivity contribution in [3.63, 3.8) is 0 Å². The van der Waals surface area contributed by atoms with Crippen molar-refractivity contribution in [1.29, 1.82) is 0 Å². The maximum Gasteiger partial charge on any atom is 0.576 e. The van der Waals surface area contributed by atoms with Crippen molar-refractivity contribution >= 4 is 66.0 Å². The minimum Gasteiger partial charge on any atom is -0.526 e. The van der Waals surface area contributed by atoms with E-state index >= 15 is 0 Å². The van der Waals surface area contributed by atoms with Gasteiger partial charge in [-0.05, 0) is 48.5 Å². The number of hydrogen-bond acceptors (Lipinski definition) is 8. The van der Waals surface area contributed by atoms with Crippen molar-refractivity contribution in [3.05, 3.63) is 94.0 Å². The molecule has 6 N–H and O–H groups in total. The number of hydrogen-bond donors (Lipinski definition) is 4. The summed E-state index contributed by atoms with van der Waals surface area (Å²) in [6.07, 6.45) is 0. The van der Waals surface area contributed by atoms with Crippen LogP contribution in [0.25, 0.3) is 0 Å². The number of nitrogen functional groups attached to an aromatic ring is 2. The first-order valence-corrected chi connectivity index (χ1v) is 11.5. The molecule has 4 rings (SSSR count). The molecule has 0 saturated carbocycles. The summed E-state index contributed by atoms with van der Waals surface area (Å²) in [6, 6.07) is 19.4. The van der Waals surface area contributed by atoms with Crippen LogP contribution in [0.5, 0.6) is 11.5 Å². The molecule has 2 amide bonds. The van der Waals surface area contributed by atoms with E-state index in [0.717, 1.165) is 0 Å². The van der Waals surface area contributed by atoms with Gasteiger partial charge in [-0.3, -0.25) is 9.59 Å². The highest BCUT2D eigenvalue weighted by molar-refractivity contribution is 6.34. The van der Waals surface area contributed by atoms with Crippen molar-refractivity contribution in [3.8, 4) is 11.5 Å². The van der Waals surface area contributed by atoms with Gasteiger partial charge in [0.2, 0.25) is 0 Å². The van der Waals surface area contributed by atoms with Gasteiger partial charge in [0.1, 0.15) is 23.1 Å². The first-order chi connectivity index (χ1) is 17.8. The summed E-state index contributed by atoms with van der Waals surface area (Å²) < 4.78 is 11.0. The summed E-state index contributed by atoms with van der Waals surface area (Å²) in [5, 5.41) is 5.88. The molecule has 2 aromatic carbocycles. The fraction of sp³-hybridized carbons (Fsp3) is 0. The summed E-state index contributed by atoms with van der Waals surface area (Å²) in [7, 11) is -0.256. The lowest BCUT2D eigenvalue weighted by Gasteiger charge is -2.12. The number of nitrogens with two attached hydrogens (primary N) is 2. The van der Waals surface area contributed by atoms with Gasteiger partial charge in [0.15, 0.2) is 11.6 Å². The Hall–Kier alpha value is -4.48. The van der Waals surface area contributed by atoms with E-state index < -0.39 is 11.8 Å². The smallest absolute Gasteiger partial charge is 0.526 e. The fourth-order valence-corrected chi connectivity index (χ4v) is 3.57. The first kappa shape index (κ1) is 25.6. The normalized spacial score (nSPS) is 10.3. The second kappa shape index (κ2) is 11.5. The third-order valence-electron chi connectivity index (χ3n) is 4.92. The SMILES string of the molecule is Nc1nc(NC(=O)c2ccccc2Cl)ccc1OBOc1ccc(NC(=O)c2ccccc2Cl)nc1N. The van der Waals surface area contributed by atoms with E-state index in [-0.39, 0.29) is 42.5 Å². The molecule has 186 valence electrons. The summed E-state index contributed by atoms with van der Waals surface area (Å²) in [5.41, 5.74) is 12.5. The van der Waals surface area contributed by atoms with Gasteiger partial charge < -0.3 is 31.4 Å². The zero-order valence-electron chi connectivity index (χ0n) is 19.1. The highest BCUT2D eigenvalue weighted by Crippen LogP contribution is 2.25. The number of amides is 2. The molecule has 0 saturated heterocycles. The summed E-state index contributed by atoms with van der Waals surface area (Å²) >= 11 is 12.1. The predicted octanol–water partition coefficient (Wildman–Crippen LogP) is 4.18. The fourth-order valence-electron chi connectivity index (χ4n) is 3.12. The highest BCUT2D eigenvalue weighted by atomic mass is 35.5. The van der Waals surface area contributed by atoms with E-state index in [1.165, 1.54) is 24.3 Å². The van der Waals surface area contributed by atoms with Gasteiger partial charge in [0.25, 0.3) is 11.8 Å². The Morgan fingerprint density at radius 1 is 0.676 bits per heavy atom. The number of benzene rings is 2. The molecular formula is C24H19BCl2N6O4. The van der Waals surface area contributed by atoms with Crippen LogP contribution < -0.4 is 31.4 Å². The Kier molecular flexibility index (Phi) is 7.97. The number of carbonyl (C=O) groups is 2. The Labute approximate surface area is 222 Å². The zero-order chi connectivity index (χ0) is 26.4. The number of nitrogens with zero attached hydrogens (tertiary/aromatic N) is 2. The Morgan fingerprint density at radius 2 is 1.08 bits per heavy atom. The Morgan fingerprint density at radius 3 is 1.46 bits per heavy atom. The van der Waals surface area contributed by atoms with Crippen molar-refractivity contribution in [1.82, 2.24) is 9.97 Å². The van der Waals surface area contributed by atoms with Crippen molar-refractivity contribution < 1.29 is 18.9 Å². The van der Waals surface area contributed by atoms with Gasteiger partial charge in [-0.25, -0.2) is 9.97 Å². The summed E-state index contributed by atoms with van der Waals surface area (Å²) in [6.45, 7) is 0. The van der Waals surface area contributed by atoms with Crippen LogP contribution in [-0.4, -0.2) is 29.5 Å². The number of halogens is 2. The second-order valence-corrected chi connectivity index (χ2v) is 8.25. The molecule has 0 aliphatic carbocycles. The van der Waals surface area contributed by atoms with Crippen LogP contribution in [-0.2, 0) is 0 Å². The third kappa shape index (κ3) is 6.40. The highest BCUT2D eigenvalue weighted by Gasteiger charge is 2.14. The minimum absolute atomic E-state index is 0.0317. The molecule has 0 atom stereocenters. The maximum absolute atomic E-state index is 12.4. The van der Waals surface area contributed by atoms with Crippen LogP contribution in [0.1, 0.15) is 20.7 Å². The molecule has 0 bridgehead atoms. The molecule has 10 nitrogen and oxygen atoms in total. The van der Waals surface area contributed by atoms with Crippen LogP contribution in [0, 0.1) is 0 Å². The van der Waals surface area contributed by atoms with Gasteiger partial charge >= 0.3 is 7.69 Å². The molecule has 0 unspecified atom stereocenters. The topological polar surface area (TPSA) is 154 Å². The number of anilines is 4. The second-order valence-electron chi connectivity index (χ2n) is 7.43. The largest absolute Gasteiger partial charge is 0.576 e. The lowest BCUT2D eigenvalue weighted by atomic mass is 10.2. The average Bonchev–Trinajstić information content (AvgIpc) is 2.87. The first-order valence-electron chi connectivity index (χ1n) is 10.7.